The van der Waals surface area contributed by atoms with Crippen LogP contribution in [0.5, 0.6) is 0 Å². The van der Waals surface area contributed by atoms with Crippen LogP contribution < -0.4 is 5.32 Å². The molecule has 0 amide bonds. The Morgan fingerprint density at radius 1 is 1.53 bits per heavy atom. The second-order valence-corrected chi connectivity index (χ2v) is 4.81. The van der Waals surface area contributed by atoms with Crippen molar-refractivity contribution < 1.29 is 5.11 Å². The van der Waals surface area contributed by atoms with E-state index in [2.05, 4.69) is 25.2 Å². The van der Waals surface area contributed by atoms with Crippen LogP contribution in [0.25, 0.3) is 0 Å². The number of rotatable bonds is 5. The molecule has 1 fully saturated rings. The highest BCUT2D eigenvalue weighted by atomic mass is 16.3. The first-order valence-corrected chi connectivity index (χ1v) is 5.93. The first-order valence-electron chi connectivity index (χ1n) is 5.93. The van der Waals surface area contributed by atoms with Crippen LogP contribution in [0.15, 0.2) is 0 Å². The molecular formula is C12H22N2O. The summed E-state index contributed by atoms with van der Waals surface area (Å²) in [4.78, 5) is 0. The molecule has 1 aliphatic carbocycles. The summed E-state index contributed by atoms with van der Waals surface area (Å²) in [6.07, 6.45) is 5.02. The zero-order valence-electron chi connectivity index (χ0n) is 9.79. The van der Waals surface area contributed by atoms with Crippen molar-refractivity contribution in [2.75, 3.05) is 6.61 Å². The molecule has 0 saturated heterocycles. The first-order chi connectivity index (χ1) is 7.15. The van der Waals surface area contributed by atoms with Crippen LogP contribution >= 0.6 is 0 Å². The van der Waals surface area contributed by atoms with Crippen LogP contribution in [0.2, 0.25) is 0 Å². The molecule has 0 aromatic heterocycles. The van der Waals surface area contributed by atoms with E-state index in [4.69, 9.17) is 10.4 Å². The molecule has 1 saturated carbocycles. The van der Waals surface area contributed by atoms with E-state index in [1.807, 2.05) is 0 Å². The van der Waals surface area contributed by atoms with Gasteiger partial charge in [-0.1, -0.05) is 13.3 Å². The van der Waals surface area contributed by atoms with Crippen molar-refractivity contribution in [1.29, 1.82) is 5.26 Å². The number of nitrogens with zero attached hydrogens (tertiary/aromatic N) is 1. The Kier molecular flexibility index (Phi) is 4.56. The number of nitriles is 1. The molecule has 2 N–H and O–H groups in total. The van der Waals surface area contributed by atoms with Crippen molar-refractivity contribution in [3.05, 3.63) is 0 Å². The molecule has 3 atom stereocenters. The Bertz CT molecular complexity index is 236. The zero-order valence-corrected chi connectivity index (χ0v) is 9.79. The minimum Gasteiger partial charge on any atom is -0.396 e. The standard InChI is InChI=1S/C12H22N2O/c1-3-12(2,7-8-15)14-11-6-4-5-10(11)9-13/h10-11,14-15H,3-8H2,1-2H3. The molecule has 15 heavy (non-hydrogen) atoms. The average molecular weight is 210 g/mol. The van der Waals surface area contributed by atoms with E-state index in [1.165, 1.54) is 0 Å². The monoisotopic (exact) mass is 210 g/mol. The molecule has 0 radical (unpaired) electrons. The lowest BCUT2D eigenvalue weighted by Gasteiger charge is -2.33. The van der Waals surface area contributed by atoms with E-state index in [0.717, 1.165) is 32.1 Å². The lowest BCUT2D eigenvalue weighted by Crippen LogP contribution is -2.49. The molecule has 0 aliphatic heterocycles. The fourth-order valence-electron chi connectivity index (χ4n) is 2.33. The molecular weight excluding hydrogens is 188 g/mol. The summed E-state index contributed by atoms with van der Waals surface area (Å²) in [6, 6.07) is 2.70. The Balaban J connectivity index is 2.54. The SMILES string of the molecule is CCC(C)(CCO)NC1CCCC1C#N. The number of hydrogen-bond acceptors (Lipinski definition) is 3. The van der Waals surface area contributed by atoms with Gasteiger partial charge >= 0.3 is 0 Å². The van der Waals surface area contributed by atoms with Gasteiger partial charge in [0.25, 0.3) is 0 Å². The van der Waals surface area contributed by atoms with Gasteiger partial charge in [0.2, 0.25) is 0 Å². The number of aliphatic hydroxyl groups is 1. The lowest BCUT2D eigenvalue weighted by molar-refractivity contribution is 0.197. The highest BCUT2D eigenvalue weighted by molar-refractivity contribution is 4.99. The van der Waals surface area contributed by atoms with Crippen molar-refractivity contribution in [2.24, 2.45) is 5.92 Å². The third kappa shape index (κ3) is 3.19. The van der Waals surface area contributed by atoms with Crippen molar-refractivity contribution in [1.82, 2.24) is 5.32 Å². The van der Waals surface area contributed by atoms with Gasteiger partial charge in [-0.05, 0) is 32.6 Å². The zero-order chi connectivity index (χ0) is 11.3. The smallest absolute Gasteiger partial charge is 0.0672 e. The minimum atomic E-state index is -0.0150. The van der Waals surface area contributed by atoms with Gasteiger partial charge in [0, 0.05) is 18.2 Å². The molecule has 3 heteroatoms. The molecule has 0 aromatic carbocycles. The van der Waals surface area contributed by atoms with E-state index >= 15 is 0 Å². The Labute approximate surface area is 92.5 Å². The van der Waals surface area contributed by atoms with Crippen molar-refractivity contribution in [3.8, 4) is 6.07 Å². The summed E-state index contributed by atoms with van der Waals surface area (Å²) < 4.78 is 0. The van der Waals surface area contributed by atoms with Crippen LogP contribution in [0.3, 0.4) is 0 Å². The van der Waals surface area contributed by atoms with Crippen molar-refractivity contribution >= 4 is 0 Å². The largest absolute Gasteiger partial charge is 0.396 e. The molecule has 0 heterocycles. The van der Waals surface area contributed by atoms with Gasteiger partial charge in [0.05, 0.1) is 12.0 Å². The van der Waals surface area contributed by atoms with Crippen LogP contribution in [-0.4, -0.2) is 23.3 Å². The molecule has 1 rings (SSSR count). The summed E-state index contributed by atoms with van der Waals surface area (Å²) >= 11 is 0. The maximum absolute atomic E-state index is 9.03. The summed E-state index contributed by atoms with van der Waals surface area (Å²) in [6.45, 7) is 4.47. The first kappa shape index (κ1) is 12.5. The fraction of sp³-hybridized carbons (Fsp3) is 0.917. The van der Waals surface area contributed by atoms with E-state index in [0.29, 0.717) is 6.04 Å². The lowest BCUT2D eigenvalue weighted by atomic mass is 9.92. The molecule has 3 nitrogen and oxygen atoms in total. The van der Waals surface area contributed by atoms with Crippen molar-refractivity contribution in [2.45, 2.75) is 57.5 Å². The second kappa shape index (κ2) is 5.48. The van der Waals surface area contributed by atoms with Gasteiger partial charge in [-0.3, -0.25) is 0 Å². The Morgan fingerprint density at radius 2 is 2.27 bits per heavy atom. The predicted octanol–water partition coefficient (Wildman–Crippen LogP) is 1.82. The second-order valence-electron chi connectivity index (χ2n) is 4.81. The maximum Gasteiger partial charge on any atom is 0.0672 e. The van der Waals surface area contributed by atoms with Crippen LogP contribution in [-0.2, 0) is 0 Å². The van der Waals surface area contributed by atoms with Crippen LogP contribution in [0.1, 0.15) is 46.0 Å². The average Bonchev–Trinajstić information content (AvgIpc) is 2.65. The number of nitrogens with one attached hydrogen (secondary N) is 1. The van der Waals surface area contributed by atoms with E-state index < -0.39 is 0 Å². The van der Waals surface area contributed by atoms with Gasteiger partial charge in [-0.2, -0.15) is 5.26 Å². The Hall–Kier alpha value is -0.590. The van der Waals surface area contributed by atoms with Gasteiger partial charge in [0.1, 0.15) is 0 Å². The quantitative estimate of drug-likeness (QED) is 0.727. The summed E-state index contributed by atoms with van der Waals surface area (Å²) in [5.41, 5.74) is -0.0150. The van der Waals surface area contributed by atoms with Crippen LogP contribution in [0.4, 0.5) is 0 Å². The van der Waals surface area contributed by atoms with E-state index in [1.54, 1.807) is 0 Å². The van der Waals surface area contributed by atoms with Crippen molar-refractivity contribution in [3.63, 3.8) is 0 Å². The molecule has 3 unspecified atom stereocenters. The topological polar surface area (TPSA) is 56.0 Å². The van der Waals surface area contributed by atoms with Gasteiger partial charge < -0.3 is 10.4 Å². The summed E-state index contributed by atoms with van der Waals surface area (Å²) in [5, 5.41) is 21.6. The normalized spacial score (nSPS) is 29.7. The van der Waals surface area contributed by atoms with E-state index in [9.17, 15) is 0 Å². The highest BCUT2D eigenvalue weighted by Gasteiger charge is 2.32. The van der Waals surface area contributed by atoms with Gasteiger partial charge in [-0.15, -0.1) is 0 Å². The fourth-order valence-corrected chi connectivity index (χ4v) is 2.33. The third-order valence-electron chi connectivity index (χ3n) is 3.66. The summed E-state index contributed by atoms with van der Waals surface area (Å²) in [7, 11) is 0. The minimum absolute atomic E-state index is 0.0150. The highest BCUT2D eigenvalue weighted by Crippen LogP contribution is 2.28. The predicted molar refractivity (Wildman–Crippen MR) is 60.3 cm³/mol. The summed E-state index contributed by atoms with van der Waals surface area (Å²) in [5.74, 6) is 0.162. The number of hydrogen-bond donors (Lipinski definition) is 2. The number of aliphatic hydroxyl groups excluding tert-OH is 1. The Morgan fingerprint density at radius 3 is 2.80 bits per heavy atom. The van der Waals surface area contributed by atoms with E-state index in [-0.39, 0.29) is 18.1 Å². The molecule has 0 bridgehead atoms. The molecule has 86 valence electrons. The van der Waals surface area contributed by atoms with Crippen LogP contribution in [0, 0.1) is 17.2 Å². The third-order valence-corrected chi connectivity index (χ3v) is 3.66. The molecule has 0 aromatic rings. The molecule has 0 spiro atoms. The van der Waals surface area contributed by atoms with Gasteiger partial charge in [-0.25, -0.2) is 0 Å². The van der Waals surface area contributed by atoms with Gasteiger partial charge in [0.15, 0.2) is 0 Å². The molecule has 1 aliphatic rings. The maximum atomic E-state index is 9.03.